The van der Waals surface area contributed by atoms with E-state index in [0.717, 1.165) is 0 Å². The van der Waals surface area contributed by atoms with Gasteiger partial charge in [-0.3, -0.25) is 0 Å². The van der Waals surface area contributed by atoms with Gasteiger partial charge in [0.25, 0.3) is 0 Å². The monoisotopic (exact) mass is 71.1 g/mol. The molecule has 0 atom stereocenters. The van der Waals surface area contributed by atoms with Crippen molar-refractivity contribution in [2.45, 2.75) is 6.92 Å². The Bertz CT molecular complexity index is 30.6. The number of allylic oxidation sites excluding steroid dienone is 1. The van der Waals surface area contributed by atoms with Crippen LogP contribution in [0.15, 0.2) is 12.3 Å². The van der Waals surface area contributed by atoms with Gasteiger partial charge in [-0.2, -0.15) is 0 Å². The average molecular weight is 71.1 g/mol. The van der Waals surface area contributed by atoms with Crippen LogP contribution in [-0.2, 0) is 0 Å². The molecule has 5 heavy (non-hydrogen) atoms. The lowest BCUT2D eigenvalue weighted by atomic mass is 10.7. The Labute approximate surface area is 32.7 Å². The molecule has 0 saturated heterocycles. The molecule has 0 aromatic heterocycles. The van der Waals surface area contributed by atoms with Crippen molar-refractivity contribution in [3.8, 4) is 0 Å². The summed E-state index contributed by atoms with van der Waals surface area (Å²) < 4.78 is 0. The predicted octanol–water partition coefficient (Wildman–Crippen LogP) is 0.739. The molecule has 0 aliphatic carbocycles. The van der Waals surface area contributed by atoms with E-state index in [1.807, 2.05) is 26.2 Å². The van der Waals surface area contributed by atoms with Crippen molar-refractivity contribution in [2.75, 3.05) is 7.05 Å². The van der Waals surface area contributed by atoms with Crippen LogP contribution in [0.2, 0.25) is 0 Å². The van der Waals surface area contributed by atoms with Gasteiger partial charge in [0.2, 0.25) is 0 Å². The van der Waals surface area contributed by atoms with Gasteiger partial charge in [-0.1, -0.05) is 6.08 Å². The largest absolute Gasteiger partial charge is 0.394 e. The minimum atomic E-state index is 1.88. The molecule has 0 saturated carbocycles. The molecule has 0 fully saturated rings. The minimum Gasteiger partial charge on any atom is -0.394 e. The molecule has 30 valence electrons. The van der Waals surface area contributed by atoms with E-state index < -0.39 is 0 Å². The Morgan fingerprint density at radius 1 is 1.60 bits per heavy atom. The molecule has 0 aliphatic rings. The first kappa shape index (κ1) is 4.54. The molecule has 0 unspecified atom stereocenters. The third kappa shape index (κ3) is 3.54. The lowest BCUT2D eigenvalue weighted by Gasteiger charge is -1.75. The van der Waals surface area contributed by atoms with Crippen molar-refractivity contribution in [3.63, 3.8) is 0 Å². The van der Waals surface area contributed by atoms with E-state index in [4.69, 9.17) is 0 Å². The van der Waals surface area contributed by atoms with E-state index in [1.54, 1.807) is 0 Å². The summed E-state index contributed by atoms with van der Waals surface area (Å²) >= 11 is 0. The van der Waals surface area contributed by atoms with E-state index in [1.165, 1.54) is 0 Å². The molecule has 0 radical (unpaired) electrons. The fourth-order valence-electron chi connectivity index (χ4n) is 0.167. The summed E-state index contributed by atoms with van der Waals surface area (Å²) in [5.41, 5.74) is 0. The quantitative estimate of drug-likeness (QED) is 0.480. The number of rotatable bonds is 1. The Morgan fingerprint density at radius 2 is 2.20 bits per heavy atom. The smallest absolute Gasteiger partial charge is 0.00276 e. The molecule has 1 heteroatoms. The second-order valence-electron chi connectivity index (χ2n) is 0.789. The molecule has 0 aromatic rings. The number of hydrogen-bond acceptors (Lipinski definition) is 1. The zero-order valence-corrected chi connectivity index (χ0v) is 3.65. The van der Waals surface area contributed by atoms with E-state index in [-0.39, 0.29) is 0 Å². The van der Waals surface area contributed by atoms with Gasteiger partial charge in [0.1, 0.15) is 0 Å². The summed E-state index contributed by atoms with van der Waals surface area (Å²) in [5.74, 6) is 0. The van der Waals surface area contributed by atoms with Crippen LogP contribution in [0.3, 0.4) is 0 Å². The summed E-state index contributed by atoms with van der Waals surface area (Å²) in [7, 11) is 1.88. The van der Waals surface area contributed by atoms with Gasteiger partial charge in [-0.25, -0.2) is 0 Å². The highest BCUT2D eigenvalue weighted by molar-refractivity contribution is 4.70. The second kappa shape index (κ2) is 3.54. The number of hydrogen-bond donors (Lipinski definition) is 1. The van der Waals surface area contributed by atoms with Gasteiger partial charge in [-0.05, 0) is 13.1 Å². The Balaban J connectivity index is 2.62. The highest BCUT2D eigenvalue weighted by atomic mass is 14.8. The average Bonchev–Trinajstić information content (AvgIpc) is 1.41. The lowest BCUT2D eigenvalue weighted by molar-refractivity contribution is 1.10. The zero-order valence-electron chi connectivity index (χ0n) is 3.65. The first-order valence-electron chi connectivity index (χ1n) is 1.70. The van der Waals surface area contributed by atoms with Gasteiger partial charge < -0.3 is 5.32 Å². The topological polar surface area (TPSA) is 12.0 Å². The van der Waals surface area contributed by atoms with Crippen LogP contribution in [0.4, 0.5) is 0 Å². The van der Waals surface area contributed by atoms with E-state index in [9.17, 15) is 0 Å². The Kier molecular flexibility index (Phi) is 3.21. The molecule has 0 spiro atoms. The first-order valence-corrected chi connectivity index (χ1v) is 1.70. The van der Waals surface area contributed by atoms with Gasteiger partial charge in [0.15, 0.2) is 0 Å². The molecule has 1 N–H and O–H groups in total. The summed E-state index contributed by atoms with van der Waals surface area (Å²) in [4.78, 5) is 0. The van der Waals surface area contributed by atoms with Gasteiger partial charge in [0.05, 0.1) is 0 Å². The third-order valence-corrected chi connectivity index (χ3v) is 0.333. The van der Waals surface area contributed by atoms with E-state index >= 15 is 0 Å². The maximum atomic E-state index is 2.84. The van der Waals surface area contributed by atoms with Gasteiger partial charge >= 0.3 is 0 Å². The molecule has 0 aromatic carbocycles. The summed E-state index contributed by atoms with van der Waals surface area (Å²) in [5, 5.41) is 2.84. The van der Waals surface area contributed by atoms with Crippen LogP contribution in [0, 0.1) is 0 Å². The SMILES string of the molecule is C/C=C\NC. The predicted molar refractivity (Wildman–Crippen MR) is 23.9 cm³/mol. The summed E-state index contributed by atoms with van der Waals surface area (Å²) in [6, 6.07) is 0. The van der Waals surface area contributed by atoms with Crippen LogP contribution in [0.25, 0.3) is 0 Å². The van der Waals surface area contributed by atoms with Crippen LogP contribution >= 0.6 is 0 Å². The van der Waals surface area contributed by atoms with E-state index in [2.05, 4.69) is 5.32 Å². The van der Waals surface area contributed by atoms with Crippen molar-refractivity contribution in [1.29, 1.82) is 0 Å². The highest BCUT2D eigenvalue weighted by Crippen LogP contribution is 1.53. The first-order chi connectivity index (χ1) is 2.41. The standard InChI is InChI=1S/C4H9N/c1-3-4-5-2/h3-5H,1-2H3/b4-3-. The Morgan fingerprint density at radius 3 is 2.20 bits per heavy atom. The molecule has 0 aliphatic heterocycles. The van der Waals surface area contributed by atoms with Gasteiger partial charge in [-0.15, -0.1) is 0 Å². The fourth-order valence-corrected chi connectivity index (χ4v) is 0.167. The Hall–Kier alpha value is -0.460. The molecule has 1 nitrogen and oxygen atoms in total. The highest BCUT2D eigenvalue weighted by Gasteiger charge is 1.45. The summed E-state index contributed by atoms with van der Waals surface area (Å²) in [6.45, 7) is 1.97. The maximum Gasteiger partial charge on any atom is 0.00276 e. The second-order valence-corrected chi connectivity index (χ2v) is 0.789. The molecule has 0 bridgehead atoms. The minimum absolute atomic E-state index is 1.88. The van der Waals surface area contributed by atoms with Crippen LogP contribution in [0.1, 0.15) is 6.92 Å². The number of nitrogens with one attached hydrogen (secondary N) is 1. The van der Waals surface area contributed by atoms with Crippen molar-refractivity contribution >= 4 is 0 Å². The van der Waals surface area contributed by atoms with Crippen molar-refractivity contribution in [1.82, 2.24) is 5.32 Å². The van der Waals surface area contributed by atoms with Crippen molar-refractivity contribution in [3.05, 3.63) is 12.3 Å². The van der Waals surface area contributed by atoms with Gasteiger partial charge in [0, 0.05) is 7.05 Å². The molecule has 0 amide bonds. The van der Waals surface area contributed by atoms with Crippen LogP contribution in [0.5, 0.6) is 0 Å². The zero-order chi connectivity index (χ0) is 4.12. The maximum absolute atomic E-state index is 2.84. The molecule has 0 rings (SSSR count). The molecular weight excluding hydrogens is 62.1 g/mol. The third-order valence-electron chi connectivity index (χ3n) is 0.333. The van der Waals surface area contributed by atoms with Crippen molar-refractivity contribution in [2.24, 2.45) is 0 Å². The summed E-state index contributed by atoms with van der Waals surface area (Å²) in [6.07, 6.45) is 3.82. The fraction of sp³-hybridized carbons (Fsp3) is 0.500. The lowest BCUT2D eigenvalue weighted by Crippen LogP contribution is -1.89. The van der Waals surface area contributed by atoms with Crippen molar-refractivity contribution < 1.29 is 0 Å². The van der Waals surface area contributed by atoms with Crippen LogP contribution in [-0.4, -0.2) is 7.05 Å². The van der Waals surface area contributed by atoms with Crippen LogP contribution < -0.4 is 5.32 Å². The molecular formula is C4H9N. The van der Waals surface area contributed by atoms with E-state index in [0.29, 0.717) is 0 Å². The normalized spacial score (nSPS) is 9.20. The molecule has 0 heterocycles.